The summed E-state index contributed by atoms with van der Waals surface area (Å²) in [7, 11) is 0. The van der Waals surface area contributed by atoms with E-state index in [-0.39, 0.29) is 5.78 Å². The second kappa shape index (κ2) is 5.98. The van der Waals surface area contributed by atoms with Gasteiger partial charge in [-0.05, 0) is 20.4 Å². The molecule has 1 aromatic heterocycles. The summed E-state index contributed by atoms with van der Waals surface area (Å²) in [5, 5.41) is 4.09. The average Bonchev–Trinajstić information content (AvgIpc) is 2.46. The van der Waals surface area contributed by atoms with E-state index in [1.165, 1.54) is 4.88 Å². The average molecular weight is 226 g/mol. The van der Waals surface area contributed by atoms with E-state index in [0.29, 0.717) is 12.8 Å². The Balaban J connectivity index is 2.37. The highest BCUT2D eigenvalue weighted by Gasteiger charge is 2.08. The summed E-state index contributed by atoms with van der Waals surface area (Å²) in [5.41, 5.74) is 1.05. The molecule has 0 saturated heterocycles. The van der Waals surface area contributed by atoms with E-state index >= 15 is 0 Å². The summed E-state index contributed by atoms with van der Waals surface area (Å²) < 4.78 is 0. The third-order valence-corrected chi connectivity index (χ3v) is 3.32. The summed E-state index contributed by atoms with van der Waals surface area (Å²) in [6.07, 6.45) is 1.09. The maximum atomic E-state index is 11.5. The normalized spacial score (nSPS) is 10.6. The van der Waals surface area contributed by atoms with Gasteiger partial charge in [0.25, 0.3) is 0 Å². The van der Waals surface area contributed by atoms with E-state index in [0.717, 1.165) is 23.8 Å². The summed E-state index contributed by atoms with van der Waals surface area (Å²) in [4.78, 5) is 17.1. The van der Waals surface area contributed by atoms with Crippen LogP contribution in [0, 0.1) is 13.8 Å². The molecule has 0 aliphatic heterocycles. The highest BCUT2D eigenvalue weighted by molar-refractivity contribution is 7.11. The second-order valence-electron chi connectivity index (χ2n) is 3.57. The summed E-state index contributed by atoms with van der Waals surface area (Å²) in [6, 6.07) is 0. The maximum absolute atomic E-state index is 11.5. The van der Waals surface area contributed by atoms with E-state index in [1.54, 1.807) is 11.3 Å². The molecule has 0 amide bonds. The molecule has 1 rings (SSSR count). The zero-order valence-corrected chi connectivity index (χ0v) is 10.4. The fourth-order valence-electron chi connectivity index (χ4n) is 1.28. The molecule has 84 valence electrons. The molecule has 4 heteroatoms. The first-order valence-corrected chi connectivity index (χ1v) is 6.10. The van der Waals surface area contributed by atoms with Gasteiger partial charge in [-0.2, -0.15) is 0 Å². The number of ketones is 1. The largest absolute Gasteiger partial charge is 0.317 e. The van der Waals surface area contributed by atoms with Crippen LogP contribution in [0.3, 0.4) is 0 Å². The number of hydrogen-bond donors (Lipinski definition) is 1. The Morgan fingerprint density at radius 1 is 1.47 bits per heavy atom. The smallest absolute Gasteiger partial charge is 0.140 e. The van der Waals surface area contributed by atoms with Crippen LogP contribution in [0.25, 0.3) is 0 Å². The summed E-state index contributed by atoms with van der Waals surface area (Å²) in [5.74, 6) is 0.268. The fraction of sp³-hybridized carbons (Fsp3) is 0.636. The molecule has 1 N–H and O–H groups in total. The first kappa shape index (κ1) is 12.3. The number of carbonyl (C=O) groups is 1. The van der Waals surface area contributed by atoms with E-state index < -0.39 is 0 Å². The molecule has 1 aromatic rings. The fourth-order valence-corrected chi connectivity index (χ4v) is 2.24. The minimum atomic E-state index is 0.268. The Kier molecular flexibility index (Phi) is 4.91. The third kappa shape index (κ3) is 4.10. The van der Waals surface area contributed by atoms with E-state index in [9.17, 15) is 4.79 Å². The first-order valence-electron chi connectivity index (χ1n) is 5.28. The van der Waals surface area contributed by atoms with E-state index in [1.807, 2.05) is 20.8 Å². The number of thiazole rings is 1. The highest BCUT2D eigenvalue weighted by atomic mass is 32.1. The van der Waals surface area contributed by atoms with Gasteiger partial charge in [0.15, 0.2) is 0 Å². The van der Waals surface area contributed by atoms with Crippen LogP contribution in [0.2, 0.25) is 0 Å². The van der Waals surface area contributed by atoms with Crippen molar-refractivity contribution < 1.29 is 4.79 Å². The van der Waals surface area contributed by atoms with E-state index in [4.69, 9.17) is 0 Å². The lowest BCUT2D eigenvalue weighted by Gasteiger charge is -1.99. The van der Waals surface area contributed by atoms with Gasteiger partial charge >= 0.3 is 0 Å². The monoisotopic (exact) mass is 226 g/mol. The summed E-state index contributed by atoms with van der Waals surface area (Å²) >= 11 is 1.63. The minimum absolute atomic E-state index is 0.268. The van der Waals surface area contributed by atoms with Crippen molar-refractivity contribution in [3.63, 3.8) is 0 Å². The molecule has 0 atom stereocenters. The Bertz CT molecular complexity index is 314. The lowest BCUT2D eigenvalue weighted by molar-refractivity contribution is -0.118. The number of rotatable bonds is 6. The molecule has 0 unspecified atom stereocenters. The SMILES string of the molecule is CCNCCC(=O)Cc1nc(C)c(C)s1. The minimum Gasteiger partial charge on any atom is -0.317 e. The van der Waals surface area contributed by atoms with Crippen molar-refractivity contribution in [1.82, 2.24) is 10.3 Å². The number of nitrogens with one attached hydrogen (secondary N) is 1. The number of aryl methyl sites for hydroxylation is 2. The quantitative estimate of drug-likeness (QED) is 0.753. The Morgan fingerprint density at radius 3 is 2.73 bits per heavy atom. The molecule has 0 bridgehead atoms. The second-order valence-corrected chi connectivity index (χ2v) is 4.86. The first-order chi connectivity index (χ1) is 7.13. The number of hydrogen-bond acceptors (Lipinski definition) is 4. The standard InChI is InChI=1S/C11H18N2OS/c1-4-12-6-5-10(14)7-11-13-8(2)9(3)15-11/h12H,4-7H2,1-3H3. The van der Waals surface area contributed by atoms with Crippen molar-refractivity contribution in [3.8, 4) is 0 Å². The van der Waals surface area contributed by atoms with Crippen molar-refractivity contribution in [3.05, 3.63) is 15.6 Å². The van der Waals surface area contributed by atoms with Gasteiger partial charge in [-0.3, -0.25) is 4.79 Å². The van der Waals surface area contributed by atoms with Gasteiger partial charge in [0.2, 0.25) is 0 Å². The van der Waals surface area contributed by atoms with Gasteiger partial charge in [-0.1, -0.05) is 6.92 Å². The van der Waals surface area contributed by atoms with Crippen LogP contribution in [-0.4, -0.2) is 23.9 Å². The molecule has 0 aliphatic rings. The molecule has 15 heavy (non-hydrogen) atoms. The van der Waals surface area contributed by atoms with E-state index in [2.05, 4.69) is 10.3 Å². The van der Waals surface area contributed by atoms with Crippen LogP contribution < -0.4 is 5.32 Å². The van der Waals surface area contributed by atoms with Crippen LogP contribution in [0.4, 0.5) is 0 Å². The third-order valence-electron chi connectivity index (χ3n) is 2.25. The number of nitrogens with zero attached hydrogens (tertiary/aromatic N) is 1. The number of Topliss-reactive ketones (excluding diaryl/α,β-unsaturated/α-hetero) is 1. The van der Waals surface area contributed by atoms with Gasteiger partial charge in [0.1, 0.15) is 10.8 Å². The Morgan fingerprint density at radius 2 is 2.20 bits per heavy atom. The van der Waals surface area contributed by atoms with Crippen molar-refractivity contribution in [2.24, 2.45) is 0 Å². The van der Waals surface area contributed by atoms with Crippen molar-refractivity contribution >= 4 is 17.1 Å². The molecule has 0 aromatic carbocycles. The predicted octanol–water partition coefficient (Wildman–Crippen LogP) is 1.87. The van der Waals surface area contributed by atoms with Crippen molar-refractivity contribution in [1.29, 1.82) is 0 Å². The number of carbonyl (C=O) groups excluding carboxylic acids is 1. The highest BCUT2D eigenvalue weighted by Crippen LogP contribution is 2.17. The van der Waals surface area contributed by atoms with Gasteiger partial charge in [0.05, 0.1) is 12.1 Å². The van der Waals surface area contributed by atoms with Gasteiger partial charge in [0, 0.05) is 17.8 Å². The molecule has 1 heterocycles. The zero-order valence-electron chi connectivity index (χ0n) is 9.59. The van der Waals surface area contributed by atoms with Crippen molar-refractivity contribution in [2.75, 3.05) is 13.1 Å². The molecule has 0 radical (unpaired) electrons. The Hall–Kier alpha value is -0.740. The molecule has 0 saturated carbocycles. The summed E-state index contributed by atoms with van der Waals surface area (Å²) in [6.45, 7) is 7.76. The molecular weight excluding hydrogens is 208 g/mol. The molecule has 0 aliphatic carbocycles. The molecular formula is C11H18N2OS. The molecule has 3 nitrogen and oxygen atoms in total. The lowest BCUT2D eigenvalue weighted by atomic mass is 10.2. The van der Waals surface area contributed by atoms with Crippen LogP contribution in [0.5, 0.6) is 0 Å². The van der Waals surface area contributed by atoms with Gasteiger partial charge in [-0.25, -0.2) is 4.98 Å². The van der Waals surface area contributed by atoms with Crippen LogP contribution in [0.1, 0.15) is 28.9 Å². The van der Waals surface area contributed by atoms with Gasteiger partial charge in [-0.15, -0.1) is 11.3 Å². The molecule has 0 fully saturated rings. The van der Waals surface area contributed by atoms with Gasteiger partial charge < -0.3 is 5.32 Å². The number of aromatic nitrogens is 1. The van der Waals surface area contributed by atoms with Crippen LogP contribution >= 0.6 is 11.3 Å². The predicted molar refractivity (Wildman–Crippen MR) is 63.5 cm³/mol. The maximum Gasteiger partial charge on any atom is 0.140 e. The zero-order chi connectivity index (χ0) is 11.3. The lowest BCUT2D eigenvalue weighted by Crippen LogP contribution is -2.18. The Labute approximate surface area is 94.9 Å². The van der Waals surface area contributed by atoms with Crippen LogP contribution in [0.15, 0.2) is 0 Å². The van der Waals surface area contributed by atoms with Crippen LogP contribution in [-0.2, 0) is 11.2 Å². The topological polar surface area (TPSA) is 42.0 Å². The molecule has 0 spiro atoms. The van der Waals surface area contributed by atoms with Crippen molar-refractivity contribution in [2.45, 2.75) is 33.6 Å².